The van der Waals surface area contributed by atoms with Crippen LogP contribution in [0, 0.1) is 5.92 Å². The molecule has 3 rings (SSSR count). The maximum Gasteiger partial charge on any atom is 0.471 e. The number of rotatable bonds is 6. The molecule has 0 N–H and O–H groups in total. The molecule has 0 bridgehead atoms. The molecule has 0 amide bonds. The van der Waals surface area contributed by atoms with Crippen molar-refractivity contribution in [3.63, 3.8) is 0 Å². The molecule has 8 heteroatoms. The van der Waals surface area contributed by atoms with Gasteiger partial charge in [0.05, 0.1) is 0 Å². The quantitative estimate of drug-likeness (QED) is 0.777. The zero-order valence-corrected chi connectivity index (χ0v) is 13.6. The number of aryl methyl sites for hydroxylation is 1. The van der Waals surface area contributed by atoms with Gasteiger partial charge in [0.2, 0.25) is 5.82 Å². The molecule has 1 aliphatic rings. The predicted molar refractivity (Wildman–Crippen MR) is 82.4 cm³/mol. The zero-order valence-electron chi connectivity index (χ0n) is 13.6. The SMILES string of the molecule is O=C(CCc1ccc(-c2noc(C(F)(F)F)n2)cn1)CC1CCCC1. The summed E-state index contributed by atoms with van der Waals surface area (Å²) in [7, 11) is 0. The number of pyridine rings is 1. The number of hydrogen-bond acceptors (Lipinski definition) is 5. The average Bonchev–Trinajstić information content (AvgIpc) is 3.24. The fraction of sp³-hybridized carbons (Fsp3) is 0.529. The number of carbonyl (C=O) groups is 1. The van der Waals surface area contributed by atoms with Crippen molar-refractivity contribution in [2.45, 2.75) is 51.1 Å². The molecule has 0 radical (unpaired) electrons. The van der Waals surface area contributed by atoms with Crippen LogP contribution < -0.4 is 0 Å². The summed E-state index contributed by atoms with van der Waals surface area (Å²) >= 11 is 0. The number of aromatic nitrogens is 3. The average molecular weight is 353 g/mol. The number of halogens is 3. The topological polar surface area (TPSA) is 68.9 Å². The fourth-order valence-electron chi connectivity index (χ4n) is 3.07. The van der Waals surface area contributed by atoms with E-state index in [1.54, 1.807) is 12.1 Å². The molecule has 0 spiro atoms. The van der Waals surface area contributed by atoms with E-state index >= 15 is 0 Å². The van der Waals surface area contributed by atoms with E-state index in [4.69, 9.17) is 0 Å². The first kappa shape index (κ1) is 17.6. The highest BCUT2D eigenvalue weighted by molar-refractivity contribution is 5.78. The number of carbonyl (C=O) groups excluding carboxylic acids is 1. The van der Waals surface area contributed by atoms with E-state index in [1.807, 2.05) is 0 Å². The molecule has 25 heavy (non-hydrogen) atoms. The summed E-state index contributed by atoms with van der Waals surface area (Å²) < 4.78 is 41.6. The standard InChI is InChI=1S/C17H18F3N3O2/c18-17(19,20)16-22-15(23-25-16)12-5-6-13(21-10-12)7-8-14(24)9-11-3-1-2-4-11/h5-6,10-11H,1-4,7-9H2. The summed E-state index contributed by atoms with van der Waals surface area (Å²) in [6.07, 6.45) is 3.03. The van der Waals surface area contributed by atoms with Gasteiger partial charge >= 0.3 is 12.1 Å². The lowest BCUT2D eigenvalue weighted by molar-refractivity contribution is -0.159. The highest BCUT2D eigenvalue weighted by atomic mass is 19.4. The molecule has 134 valence electrons. The van der Waals surface area contributed by atoms with E-state index in [9.17, 15) is 18.0 Å². The van der Waals surface area contributed by atoms with Crippen LogP contribution in [0.5, 0.6) is 0 Å². The van der Waals surface area contributed by atoms with Gasteiger partial charge in [-0.3, -0.25) is 9.78 Å². The Morgan fingerprint density at radius 1 is 1.24 bits per heavy atom. The molecule has 5 nitrogen and oxygen atoms in total. The van der Waals surface area contributed by atoms with Gasteiger partial charge in [-0.05, 0) is 24.5 Å². The Morgan fingerprint density at radius 3 is 2.60 bits per heavy atom. The van der Waals surface area contributed by atoms with Crippen LogP contribution in [-0.2, 0) is 17.4 Å². The van der Waals surface area contributed by atoms with Gasteiger partial charge in [0.25, 0.3) is 0 Å². The van der Waals surface area contributed by atoms with Gasteiger partial charge in [0.15, 0.2) is 0 Å². The van der Waals surface area contributed by atoms with Gasteiger partial charge in [-0.2, -0.15) is 18.2 Å². The van der Waals surface area contributed by atoms with Crippen LogP contribution in [0.1, 0.15) is 50.1 Å². The van der Waals surface area contributed by atoms with Crippen molar-refractivity contribution < 1.29 is 22.5 Å². The normalized spacial score (nSPS) is 15.6. The third-order valence-corrected chi connectivity index (χ3v) is 4.40. The maximum atomic E-state index is 12.5. The van der Waals surface area contributed by atoms with Gasteiger partial charge < -0.3 is 4.52 Å². The van der Waals surface area contributed by atoms with Crippen molar-refractivity contribution in [3.05, 3.63) is 29.9 Å². The molecule has 0 atom stereocenters. The van der Waals surface area contributed by atoms with Crippen molar-refractivity contribution in [2.75, 3.05) is 0 Å². The minimum absolute atomic E-state index is 0.163. The second kappa shape index (κ2) is 7.33. The van der Waals surface area contributed by atoms with E-state index in [2.05, 4.69) is 19.6 Å². The van der Waals surface area contributed by atoms with Crippen LogP contribution in [0.15, 0.2) is 22.9 Å². The molecule has 1 saturated carbocycles. The van der Waals surface area contributed by atoms with Crippen molar-refractivity contribution in [1.29, 1.82) is 0 Å². The third-order valence-electron chi connectivity index (χ3n) is 4.40. The van der Waals surface area contributed by atoms with E-state index in [0.29, 0.717) is 36.4 Å². The van der Waals surface area contributed by atoms with Gasteiger partial charge in [0.1, 0.15) is 5.78 Å². The minimum Gasteiger partial charge on any atom is -0.329 e. The van der Waals surface area contributed by atoms with Gasteiger partial charge in [-0.25, -0.2) is 0 Å². The lowest BCUT2D eigenvalue weighted by Crippen LogP contribution is -2.07. The molecule has 2 heterocycles. The van der Waals surface area contributed by atoms with Gasteiger partial charge in [0, 0.05) is 30.3 Å². The van der Waals surface area contributed by atoms with Gasteiger partial charge in [-0.15, -0.1) is 0 Å². The van der Waals surface area contributed by atoms with Crippen LogP contribution in [0.4, 0.5) is 13.2 Å². The lowest BCUT2D eigenvalue weighted by atomic mass is 9.98. The Bertz CT molecular complexity index is 719. The molecular weight excluding hydrogens is 335 g/mol. The van der Waals surface area contributed by atoms with Crippen LogP contribution >= 0.6 is 0 Å². The molecule has 2 aromatic rings. The summed E-state index contributed by atoms with van der Waals surface area (Å²) in [5.74, 6) is -0.776. The van der Waals surface area contributed by atoms with Gasteiger partial charge in [-0.1, -0.05) is 30.8 Å². The lowest BCUT2D eigenvalue weighted by Gasteiger charge is -2.07. The molecule has 0 saturated heterocycles. The molecule has 1 fully saturated rings. The summed E-state index contributed by atoms with van der Waals surface area (Å²) in [6, 6.07) is 3.25. The highest BCUT2D eigenvalue weighted by Crippen LogP contribution is 2.29. The fourth-order valence-corrected chi connectivity index (χ4v) is 3.07. The minimum atomic E-state index is -4.67. The maximum absolute atomic E-state index is 12.5. The Balaban J connectivity index is 1.55. The molecule has 0 aliphatic heterocycles. The van der Waals surface area contributed by atoms with E-state index in [1.165, 1.54) is 19.0 Å². The first-order valence-electron chi connectivity index (χ1n) is 8.30. The number of nitrogens with zero attached hydrogens (tertiary/aromatic N) is 3. The van der Waals surface area contributed by atoms with E-state index in [0.717, 1.165) is 12.8 Å². The van der Waals surface area contributed by atoms with Crippen molar-refractivity contribution in [1.82, 2.24) is 15.1 Å². The molecule has 1 aliphatic carbocycles. The Morgan fingerprint density at radius 2 is 2.00 bits per heavy atom. The van der Waals surface area contributed by atoms with E-state index in [-0.39, 0.29) is 11.6 Å². The molecule has 0 aromatic carbocycles. The molecular formula is C17H18F3N3O2. The Hall–Kier alpha value is -2.25. The predicted octanol–water partition coefficient (Wildman–Crippen LogP) is 4.23. The largest absolute Gasteiger partial charge is 0.471 e. The monoisotopic (exact) mass is 353 g/mol. The van der Waals surface area contributed by atoms with Crippen molar-refractivity contribution >= 4 is 5.78 Å². The van der Waals surface area contributed by atoms with Crippen molar-refractivity contribution in [3.8, 4) is 11.4 Å². The van der Waals surface area contributed by atoms with E-state index < -0.39 is 12.1 Å². The highest BCUT2D eigenvalue weighted by Gasteiger charge is 2.38. The summed E-state index contributed by atoms with van der Waals surface area (Å²) in [5.41, 5.74) is 1.04. The van der Waals surface area contributed by atoms with Crippen LogP contribution in [0.25, 0.3) is 11.4 Å². The number of Topliss-reactive ketones (excluding diaryl/α,β-unsaturated/α-hetero) is 1. The first-order valence-corrected chi connectivity index (χ1v) is 8.30. The number of ketones is 1. The van der Waals surface area contributed by atoms with Crippen molar-refractivity contribution in [2.24, 2.45) is 5.92 Å². The zero-order chi connectivity index (χ0) is 17.9. The molecule has 2 aromatic heterocycles. The summed E-state index contributed by atoms with van der Waals surface area (Å²) in [4.78, 5) is 19.5. The summed E-state index contributed by atoms with van der Waals surface area (Å²) in [5, 5.41) is 3.31. The van der Waals surface area contributed by atoms with Crippen LogP contribution in [-0.4, -0.2) is 20.9 Å². The summed E-state index contributed by atoms with van der Waals surface area (Å²) in [6.45, 7) is 0. The molecule has 0 unspecified atom stereocenters. The first-order chi connectivity index (χ1) is 11.9. The third kappa shape index (κ3) is 4.64. The smallest absolute Gasteiger partial charge is 0.329 e. The van der Waals surface area contributed by atoms with Crippen LogP contribution in [0.2, 0.25) is 0 Å². The Labute approximate surface area is 142 Å². The number of alkyl halides is 3. The number of hydrogen-bond donors (Lipinski definition) is 0. The second-order valence-corrected chi connectivity index (χ2v) is 6.35. The Kier molecular flexibility index (Phi) is 5.15. The van der Waals surface area contributed by atoms with Crippen LogP contribution in [0.3, 0.4) is 0 Å². The second-order valence-electron chi connectivity index (χ2n) is 6.35.